The van der Waals surface area contributed by atoms with Gasteiger partial charge >= 0.3 is 172 Å². The summed E-state index contributed by atoms with van der Waals surface area (Å²) >= 11 is -1.41. The Kier molecular flexibility index (Phi) is 4.17. The molecule has 1 amide bonds. The van der Waals surface area contributed by atoms with Gasteiger partial charge in [-0.3, -0.25) is 0 Å². The van der Waals surface area contributed by atoms with Crippen LogP contribution in [0.4, 0.5) is 0 Å². The first-order valence-electron chi connectivity index (χ1n) is 9.98. The second kappa shape index (κ2) is 5.82. The van der Waals surface area contributed by atoms with Crippen LogP contribution >= 0.6 is 8.25 Å². The van der Waals surface area contributed by atoms with Crippen LogP contribution < -0.4 is 0 Å². The first-order valence-corrected chi connectivity index (χ1v) is 21.5. The van der Waals surface area contributed by atoms with Crippen LogP contribution in [0.25, 0.3) is 0 Å². The minimum absolute atomic E-state index is 0.0000348. The van der Waals surface area contributed by atoms with Gasteiger partial charge in [0.2, 0.25) is 0 Å². The SMILES string of the molecule is CC1(C)[C@H]2CC[C@@]13CS(=O)(=O)N(C(=O)[C@H]1CC[C@H]4O[C@@H]1C[C@H]4[Hg][Cl])[C@H]3C2. The number of carbonyl (C=O) groups excluding carboxylic acids is 1. The quantitative estimate of drug-likeness (QED) is 0.466. The molecule has 26 heavy (non-hydrogen) atoms. The maximum absolute atomic E-state index is 13.5. The third kappa shape index (κ3) is 2.22. The van der Waals surface area contributed by atoms with Gasteiger partial charge in [0.25, 0.3) is 0 Å². The average molecular weight is 589 g/mol. The summed E-state index contributed by atoms with van der Waals surface area (Å²) in [6, 6.07) is -0.128. The van der Waals surface area contributed by atoms with Crippen LogP contribution in [-0.2, 0) is 42.9 Å². The van der Waals surface area contributed by atoms with E-state index in [1.165, 1.54) is 4.31 Å². The Bertz CT molecular complexity index is 758. The Morgan fingerprint density at radius 1 is 1.19 bits per heavy atom. The molecule has 8 heteroatoms. The van der Waals surface area contributed by atoms with Crippen molar-refractivity contribution in [2.75, 3.05) is 5.75 Å². The standard InChI is InChI=1S/C18H26NO4S.ClH.Hg/c1-17(2)11-7-8-18(17)10-24(21,22)19(15(18)9-11)16(20)13-5-3-12-4-6-14(13)23-12;;/h4,11-15H,3,5-10H2,1-2H3;1H;/q;;+1/p-1/t11-,12+,13-,14+,15-,18-;;/m0../s1. The van der Waals surface area contributed by atoms with E-state index in [0.717, 1.165) is 38.5 Å². The van der Waals surface area contributed by atoms with Gasteiger partial charge in [0.1, 0.15) is 0 Å². The fourth-order valence-electron chi connectivity index (χ4n) is 7.12. The van der Waals surface area contributed by atoms with E-state index in [9.17, 15) is 13.2 Å². The molecular weight excluding hydrogens is 562 g/mol. The number of carbonyl (C=O) groups is 1. The third-order valence-electron chi connectivity index (χ3n) is 8.77. The molecule has 3 saturated heterocycles. The minimum atomic E-state index is -3.53. The molecule has 5 rings (SSSR count). The summed E-state index contributed by atoms with van der Waals surface area (Å²) in [6.45, 7) is 4.44. The molecule has 0 radical (unpaired) electrons. The van der Waals surface area contributed by atoms with Gasteiger partial charge in [-0.1, -0.05) is 0 Å². The number of sulfonamides is 1. The summed E-state index contributed by atoms with van der Waals surface area (Å²) in [4.78, 5) is 13.5. The van der Waals surface area contributed by atoms with Gasteiger partial charge < -0.3 is 0 Å². The van der Waals surface area contributed by atoms with Crippen molar-refractivity contribution in [1.29, 1.82) is 0 Å². The van der Waals surface area contributed by atoms with Crippen molar-refractivity contribution >= 4 is 24.2 Å². The van der Waals surface area contributed by atoms with Gasteiger partial charge in [0, 0.05) is 0 Å². The summed E-state index contributed by atoms with van der Waals surface area (Å²) in [5.41, 5.74) is -0.240. The molecule has 2 aliphatic carbocycles. The van der Waals surface area contributed by atoms with Crippen LogP contribution in [0, 0.1) is 22.7 Å². The molecule has 3 heterocycles. The van der Waals surface area contributed by atoms with Crippen molar-refractivity contribution in [3.8, 4) is 0 Å². The van der Waals surface area contributed by atoms with E-state index < -0.39 is 33.4 Å². The molecule has 0 aromatic heterocycles. The van der Waals surface area contributed by atoms with Gasteiger partial charge in [-0.25, -0.2) is 0 Å². The maximum atomic E-state index is 13.5. The van der Waals surface area contributed by atoms with Gasteiger partial charge in [0.15, 0.2) is 0 Å². The van der Waals surface area contributed by atoms with E-state index in [1.54, 1.807) is 0 Å². The van der Waals surface area contributed by atoms with Crippen molar-refractivity contribution in [1.82, 2.24) is 4.31 Å². The molecule has 5 fully saturated rings. The molecule has 0 N–H and O–H groups in total. The van der Waals surface area contributed by atoms with Gasteiger partial charge in [0.05, 0.1) is 0 Å². The van der Waals surface area contributed by atoms with Crippen molar-refractivity contribution in [3.05, 3.63) is 0 Å². The number of nitrogens with zero attached hydrogens (tertiary/aromatic N) is 1. The number of rotatable bonds is 2. The zero-order valence-corrected chi connectivity index (χ0v) is 22.6. The van der Waals surface area contributed by atoms with E-state index in [4.69, 9.17) is 13.0 Å². The van der Waals surface area contributed by atoms with Crippen LogP contribution in [-0.4, -0.2) is 42.6 Å². The van der Waals surface area contributed by atoms with E-state index in [0.29, 0.717) is 9.34 Å². The second-order valence-electron chi connectivity index (χ2n) is 9.80. The van der Waals surface area contributed by atoms with Crippen molar-refractivity contribution < 1.29 is 41.3 Å². The fraction of sp³-hybridized carbons (Fsp3) is 0.944. The van der Waals surface area contributed by atoms with Crippen molar-refractivity contribution in [2.24, 2.45) is 22.7 Å². The molecular formula is C18H26ClHgNO4S. The Balaban J connectivity index is 1.46. The van der Waals surface area contributed by atoms with E-state index in [2.05, 4.69) is 13.8 Å². The zero-order chi connectivity index (χ0) is 18.5. The molecule has 1 spiro atoms. The summed E-state index contributed by atoms with van der Waals surface area (Å²) in [5.74, 6) is 0.222. The number of halogens is 1. The summed E-state index contributed by atoms with van der Waals surface area (Å²) in [7, 11) is 2.74. The van der Waals surface area contributed by atoms with Crippen LogP contribution in [0.15, 0.2) is 0 Å². The van der Waals surface area contributed by atoms with Gasteiger partial charge in [-0.15, -0.1) is 0 Å². The molecule has 5 nitrogen and oxygen atoms in total. The average Bonchev–Trinajstić information content (AvgIpc) is 3.18. The number of ether oxygens (including phenoxy) is 1. The summed E-state index contributed by atoms with van der Waals surface area (Å²) < 4.78 is 34.2. The molecule has 2 saturated carbocycles. The predicted molar refractivity (Wildman–Crippen MR) is 93.6 cm³/mol. The number of hydrogen-bond donors (Lipinski definition) is 0. The molecule has 0 aromatic rings. The first-order chi connectivity index (χ1) is 12.2. The van der Waals surface area contributed by atoms with Gasteiger partial charge in [-0.2, -0.15) is 0 Å². The number of fused-ring (bicyclic) bond motifs is 3. The van der Waals surface area contributed by atoms with Crippen LogP contribution in [0.1, 0.15) is 52.4 Å². The third-order valence-corrected chi connectivity index (χ3v) is 19.0. The van der Waals surface area contributed by atoms with Crippen LogP contribution in [0.3, 0.4) is 0 Å². The molecule has 4 bridgehead atoms. The van der Waals surface area contributed by atoms with Crippen LogP contribution in [0.5, 0.6) is 0 Å². The Morgan fingerprint density at radius 2 is 1.96 bits per heavy atom. The first kappa shape index (κ1) is 18.6. The molecule has 142 valence electrons. The summed E-state index contributed by atoms with van der Waals surface area (Å²) in [5, 5.41) is 0. The Morgan fingerprint density at radius 3 is 2.65 bits per heavy atom. The Labute approximate surface area is 171 Å². The molecule has 0 unspecified atom stereocenters. The number of amides is 1. The zero-order valence-electron chi connectivity index (χ0n) is 15.5. The Hall–Kier alpha value is 0.605. The molecule has 0 aromatic carbocycles. The topological polar surface area (TPSA) is 63.7 Å². The van der Waals surface area contributed by atoms with E-state index in [-0.39, 0.29) is 46.7 Å². The van der Waals surface area contributed by atoms with Crippen LogP contribution in [0.2, 0.25) is 3.43 Å². The molecule has 7 atom stereocenters. The summed E-state index contributed by atoms with van der Waals surface area (Å²) in [6.07, 6.45) is 5.52. The van der Waals surface area contributed by atoms with E-state index >= 15 is 0 Å². The van der Waals surface area contributed by atoms with Crippen molar-refractivity contribution in [3.63, 3.8) is 0 Å². The second-order valence-corrected chi connectivity index (χ2v) is 19.6. The normalized spacial score (nSPS) is 49.9. The molecule has 5 aliphatic rings. The molecule has 3 aliphatic heterocycles. The van der Waals surface area contributed by atoms with Crippen molar-refractivity contribution in [2.45, 2.75) is 74.0 Å². The monoisotopic (exact) mass is 589 g/mol. The predicted octanol–water partition coefficient (Wildman–Crippen LogP) is 2.95. The fourth-order valence-corrected chi connectivity index (χ4v) is 16.4. The number of hydrogen-bond acceptors (Lipinski definition) is 4. The van der Waals surface area contributed by atoms with E-state index in [1.807, 2.05) is 0 Å². The van der Waals surface area contributed by atoms with Gasteiger partial charge in [-0.05, 0) is 0 Å².